The highest BCUT2D eigenvalue weighted by atomic mass is 15.1. The number of piperidine rings is 1. The first-order valence-corrected chi connectivity index (χ1v) is 4.87. The lowest BCUT2D eigenvalue weighted by Gasteiger charge is -2.28. The fourth-order valence-electron chi connectivity index (χ4n) is 1.56. The third-order valence-electron chi connectivity index (χ3n) is 2.57. The summed E-state index contributed by atoms with van der Waals surface area (Å²) in [4.78, 5) is 2.59. The number of nitrogens with zero attached hydrogens (tertiary/aromatic N) is 1. The third-order valence-corrected chi connectivity index (χ3v) is 2.57. The van der Waals surface area contributed by atoms with Crippen LogP contribution in [0.15, 0.2) is 0 Å². The van der Waals surface area contributed by atoms with Crippen molar-refractivity contribution in [2.24, 2.45) is 5.92 Å². The predicted molar refractivity (Wildman–Crippen MR) is 49.4 cm³/mol. The van der Waals surface area contributed by atoms with Gasteiger partial charge in [0.1, 0.15) is 0 Å². The van der Waals surface area contributed by atoms with Crippen LogP contribution in [0.25, 0.3) is 0 Å². The van der Waals surface area contributed by atoms with Crippen molar-refractivity contribution in [1.82, 2.24) is 4.90 Å². The Morgan fingerprint density at radius 3 is 2.55 bits per heavy atom. The molecule has 1 nitrogen and oxygen atoms in total. The molecule has 65 valence electrons. The average Bonchev–Trinajstić information content (AvgIpc) is 2.06. The molecule has 0 saturated carbocycles. The summed E-state index contributed by atoms with van der Waals surface area (Å²) in [6, 6.07) is 0. The van der Waals surface area contributed by atoms with E-state index in [2.05, 4.69) is 25.2 Å². The molecule has 11 heavy (non-hydrogen) atoms. The van der Waals surface area contributed by atoms with Crippen LogP contribution in [-0.2, 0) is 0 Å². The third kappa shape index (κ3) is 3.24. The number of hydrogen-bond acceptors (Lipinski definition) is 1. The Hall–Kier alpha value is -0.0400. The molecule has 0 N–H and O–H groups in total. The first-order valence-electron chi connectivity index (χ1n) is 4.87. The quantitative estimate of drug-likeness (QED) is 0.603. The first kappa shape index (κ1) is 9.05. The summed E-state index contributed by atoms with van der Waals surface area (Å²) in [6.45, 7) is 8.53. The molecular weight excluding hydrogens is 134 g/mol. The average molecular weight is 154 g/mol. The first-order chi connectivity index (χ1) is 5.33. The predicted octanol–water partition coefficient (Wildman–Crippen LogP) is 2.33. The summed E-state index contributed by atoms with van der Waals surface area (Å²) in [5.41, 5.74) is 0. The lowest BCUT2D eigenvalue weighted by Crippen LogP contribution is -2.33. The van der Waals surface area contributed by atoms with E-state index in [1.807, 2.05) is 0 Å². The molecular formula is C10H20N. The van der Waals surface area contributed by atoms with Gasteiger partial charge in [-0.15, -0.1) is 0 Å². The molecule has 1 heteroatoms. The minimum atomic E-state index is 0.882. The van der Waals surface area contributed by atoms with Crippen molar-refractivity contribution < 1.29 is 0 Å². The maximum atomic E-state index is 2.59. The van der Waals surface area contributed by atoms with E-state index in [0.29, 0.717) is 0 Å². The fourth-order valence-corrected chi connectivity index (χ4v) is 1.56. The van der Waals surface area contributed by atoms with Crippen molar-refractivity contribution in [3.05, 3.63) is 6.42 Å². The van der Waals surface area contributed by atoms with Crippen molar-refractivity contribution in [3.63, 3.8) is 0 Å². The molecule has 1 saturated heterocycles. The lowest BCUT2D eigenvalue weighted by molar-refractivity contribution is 0.219. The lowest BCUT2D eigenvalue weighted by atomic mass is 10.1. The van der Waals surface area contributed by atoms with E-state index in [1.54, 1.807) is 0 Å². The summed E-state index contributed by atoms with van der Waals surface area (Å²) < 4.78 is 0. The van der Waals surface area contributed by atoms with Gasteiger partial charge >= 0.3 is 0 Å². The van der Waals surface area contributed by atoms with Crippen LogP contribution in [0.1, 0.15) is 33.1 Å². The number of hydrogen-bond donors (Lipinski definition) is 0. The molecule has 1 fully saturated rings. The van der Waals surface area contributed by atoms with Gasteiger partial charge in [-0.05, 0) is 38.3 Å². The van der Waals surface area contributed by atoms with Crippen LogP contribution < -0.4 is 0 Å². The molecule has 0 bridgehead atoms. The Morgan fingerprint density at radius 1 is 1.36 bits per heavy atom. The Balaban J connectivity index is 2.13. The van der Waals surface area contributed by atoms with E-state index in [9.17, 15) is 0 Å². The van der Waals surface area contributed by atoms with Gasteiger partial charge < -0.3 is 4.90 Å². The summed E-state index contributed by atoms with van der Waals surface area (Å²) in [5, 5.41) is 0. The van der Waals surface area contributed by atoms with Crippen molar-refractivity contribution in [1.29, 1.82) is 0 Å². The summed E-state index contributed by atoms with van der Waals surface area (Å²) in [7, 11) is 0. The summed E-state index contributed by atoms with van der Waals surface area (Å²) >= 11 is 0. The maximum Gasteiger partial charge on any atom is 0.000692 e. The van der Waals surface area contributed by atoms with Crippen LogP contribution in [0, 0.1) is 12.3 Å². The van der Waals surface area contributed by atoms with Crippen LogP contribution in [0.3, 0.4) is 0 Å². The van der Waals surface area contributed by atoms with E-state index in [-0.39, 0.29) is 0 Å². The SMILES string of the molecule is CCC(C)CN1CC[CH]CC1. The molecule has 0 amide bonds. The van der Waals surface area contributed by atoms with E-state index in [1.165, 1.54) is 38.9 Å². The standard InChI is InChI=1S/C10H20N/c1-3-10(2)9-11-7-5-4-6-8-11/h4,10H,3,5-9H2,1-2H3. The van der Waals surface area contributed by atoms with Gasteiger partial charge in [0.25, 0.3) is 0 Å². The minimum Gasteiger partial charge on any atom is -0.303 e. The van der Waals surface area contributed by atoms with Crippen molar-refractivity contribution in [3.8, 4) is 0 Å². The molecule has 1 atom stereocenters. The van der Waals surface area contributed by atoms with Gasteiger partial charge in [0.05, 0.1) is 0 Å². The van der Waals surface area contributed by atoms with Gasteiger partial charge in [0.2, 0.25) is 0 Å². The minimum absolute atomic E-state index is 0.882. The molecule has 0 aromatic carbocycles. The molecule has 0 aromatic rings. The van der Waals surface area contributed by atoms with E-state index in [4.69, 9.17) is 0 Å². The Bertz CT molecular complexity index is 95.0. The monoisotopic (exact) mass is 154 g/mol. The molecule has 1 unspecified atom stereocenters. The van der Waals surface area contributed by atoms with E-state index in [0.717, 1.165) is 5.92 Å². The zero-order valence-corrected chi connectivity index (χ0v) is 7.84. The zero-order chi connectivity index (χ0) is 8.10. The van der Waals surface area contributed by atoms with Gasteiger partial charge in [-0.2, -0.15) is 0 Å². The molecule has 1 heterocycles. The van der Waals surface area contributed by atoms with Gasteiger partial charge in [0, 0.05) is 6.54 Å². The summed E-state index contributed by atoms with van der Waals surface area (Å²) in [6.07, 6.45) is 6.33. The number of rotatable bonds is 3. The Kier molecular flexibility index (Phi) is 3.92. The van der Waals surface area contributed by atoms with Crippen LogP contribution in [0.2, 0.25) is 0 Å². The highest BCUT2D eigenvalue weighted by Gasteiger charge is 2.11. The van der Waals surface area contributed by atoms with E-state index >= 15 is 0 Å². The fraction of sp³-hybridized carbons (Fsp3) is 0.900. The molecule has 0 spiro atoms. The molecule has 0 aliphatic carbocycles. The van der Waals surface area contributed by atoms with Crippen molar-refractivity contribution in [2.75, 3.05) is 19.6 Å². The summed E-state index contributed by atoms with van der Waals surface area (Å²) in [5.74, 6) is 0.882. The second kappa shape index (κ2) is 4.76. The topological polar surface area (TPSA) is 3.24 Å². The van der Waals surface area contributed by atoms with Crippen LogP contribution >= 0.6 is 0 Å². The Morgan fingerprint density at radius 2 is 2.00 bits per heavy atom. The van der Waals surface area contributed by atoms with Crippen LogP contribution in [0.5, 0.6) is 0 Å². The number of likely N-dealkylation sites (tertiary alicyclic amines) is 1. The van der Waals surface area contributed by atoms with Gasteiger partial charge in [-0.3, -0.25) is 0 Å². The second-order valence-electron chi connectivity index (χ2n) is 3.68. The van der Waals surface area contributed by atoms with E-state index < -0.39 is 0 Å². The van der Waals surface area contributed by atoms with Crippen LogP contribution in [-0.4, -0.2) is 24.5 Å². The van der Waals surface area contributed by atoms with Crippen molar-refractivity contribution >= 4 is 0 Å². The van der Waals surface area contributed by atoms with Gasteiger partial charge in [-0.1, -0.05) is 20.3 Å². The van der Waals surface area contributed by atoms with Gasteiger partial charge in [0.15, 0.2) is 0 Å². The largest absolute Gasteiger partial charge is 0.303 e. The molecule has 1 aliphatic rings. The van der Waals surface area contributed by atoms with Crippen molar-refractivity contribution in [2.45, 2.75) is 33.1 Å². The second-order valence-corrected chi connectivity index (χ2v) is 3.68. The highest BCUT2D eigenvalue weighted by molar-refractivity contribution is 4.77. The smallest absolute Gasteiger partial charge is 0.000692 e. The molecule has 1 radical (unpaired) electrons. The molecule has 1 aliphatic heterocycles. The molecule has 1 rings (SSSR count). The Labute approximate surface area is 70.8 Å². The molecule has 0 aromatic heterocycles. The van der Waals surface area contributed by atoms with Crippen LogP contribution in [0.4, 0.5) is 0 Å². The normalized spacial score (nSPS) is 23.5. The highest BCUT2D eigenvalue weighted by Crippen LogP contribution is 2.11. The van der Waals surface area contributed by atoms with Gasteiger partial charge in [-0.25, -0.2) is 0 Å². The zero-order valence-electron chi connectivity index (χ0n) is 7.84. The maximum absolute atomic E-state index is 2.59.